The molecule has 38 heavy (non-hydrogen) atoms. The second-order valence-electron chi connectivity index (χ2n) is 8.62. The number of rotatable bonds is 6. The summed E-state index contributed by atoms with van der Waals surface area (Å²) in [6.07, 6.45) is 6.96. The van der Waals surface area contributed by atoms with Crippen molar-refractivity contribution in [2.45, 2.75) is 24.2 Å². The van der Waals surface area contributed by atoms with Gasteiger partial charge >= 0.3 is 0 Å². The highest BCUT2D eigenvalue weighted by Gasteiger charge is 2.21. The number of nitrogens with one attached hydrogen (secondary N) is 1. The van der Waals surface area contributed by atoms with Crippen LogP contribution in [0.4, 0.5) is 4.39 Å². The first-order valence-corrected chi connectivity index (χ1v) is 13.3. The molecular weight excluding hydrogens is 505 g/mol. The number of fused-ring (bicyclic) bond motifs is 1. The van der Waals surface area contributed by atoms with Gasteiger partial charge in [-0.2, -0.15) is 5.10 Å². The van der Waals surface area contributed by atoms with Crippen molar-refractivity contribution in [3.8, 4) is 11.8 Å². The number of imidazole rings is 1. The molecule has 8 nitrogen and oxygen atoms in total. The minimum absolute atomic E-state index is 0.0263. The Kier molecular flexibility index (Phi) is 6.77. The monoisotopic (exact) mass is 527 g/mol. The van der Waals surface area contributed by atoms with E-state index in [1.807, 2.05) is 28.9 Å². The van der Waals surface area contributed by atoms with Crippen molar-refractivity contribution in [2.24, 2.45) is 0 Å². The number of carbonyl (C=O) groups excluding carboxylic acids is 1. The van der Waals surface area contributed by atoms with Crippen LogP contribution in [0.25, 0.3) is 5.65 Å². The van der Waals surface area contributed by atoms with E-state index in [9.17, 15) is 17.6 Å². The van der Waals surface area contributed by atoms with Gasteiger partial charge in [-0.15, -0.1) is 0 Å². The summed E-state index contributed by atoms with van der Waals surface area (Å²) in [5, 5.41) is 7.01. The van der Waals surface area contributed by atoms with Crippen LogP contribution in [0.1, 0.15) is 32.7 Å². The molecule has 0 spiro atoms. The molecule has 0 saturated carbocycles. The van der Waals surface area contributed by atoms with E-state index in [1.165, 1.54) is 47.1 Å². The molecule has 0 fully saturated rings. The molecule has 1 amide bonds. The molecule has 0 aliphatic carbocycles. The van der Waals surface area contributed by atoms with Crippen LogP contribution < -0.4 is 5.32 Å². The van der Waals surface area contributed by atoms with Crippen LogP contribution in [-0.2, 0) is 22.3 Å². The summed E-state index contributed by atoms with van der Waals surface area (Å²) < 4.78 is 43.0. The lowest BCUT2D eigenvalue weighted by molar-refractivity contribution is 0.0950. The Morgan fingerprint density at radius 3 is 2.58 bits per heavy atom. The van der Waals surface area contributed by atoms with E-state index in [-0.39, 0.29) is 34.4 Å². The Hall–Kier alpha value is -4.75. The molecule has 5 aromatic rings. The van der Waals surface area contributed by atoms with Gasteiger partial charge in [-0.05, 0) is 73.2 Å². The smallest absolute Gasteiger partial charge is 0.251 e. The Morgan fingerprint density at radius 1 is 1.00 bits per heavy atom. The number of amides is 1. The van der Waals surface area contributed by atoms with Crippen LogP contribution in [0, 0.1) is 24.6 Å². The quantitative estimate of drug-likeness (QED) is 0.339. The van der Waals surface area contributed by atoms with Crippen molar-refractivity contribution >= 4 is 21.4 Å². The fraction of sp³-hybridized carbons (Fsp3) is 0.107. The molecule has 0 radical (unpaired) electrons. The topological polar surface area (TPSA) is 98.4 Å². The maximum absolute atomic E-state index is 13.3. The van der Waals surface area contributed by atoms with Gasteiger partial charge in [0.2, 0.25) is 0 Å². The van der Waals surface area contributed by atoms with Gasteiger partial charge in [-0.3, -0.25) is 9.48 Å². The lowest BCUT2D eigenvalue weighted by Gasteiger charge is -2.10. The molecule has 0 unspecified atom stereocenters. The van der Waals surface area contributed by atoms with Crippen LogP contribution in [-0.4, -0.2) is 33.5 Å². The van der Waals surface area contributed by atoms with Crippen LogP contribution in [0.2, 0.25) is 0 Å². The third-order valence-electron chi connectivity index (χ3n) is 5.75. The Labute approximate surface area is 218 Å². The molecule has 0 bridgehead atoms. The summed E-state index contributed by atoms with van der Waals surface area (Å²) in [6.45, 7) is 2.03. The second-order valence-corrected chi connectivity index (χ2v) is 10.5. The van der Waals surface area contributed by atoms with Crippen molar-refractivity contribution < 1.29 is 17.6 Å². The van der Waals surface area contributed by atoms with Gasteiger partial charge in [0, 0.05) is 48.0 Å². The minimum Gasteiger partial charge on any atom is -0.348 e. The van der Waals surface area contributed by atoms with Crippen molar-refractivity contribution in [3.63, 3.8) is 0 Å². The van der Waals surface area contributed by atoms with E-state index in [0.717, 1.165) is 11.2 Å². The Morgan fingerprint density at radius 2 is 1.82 bits per heavy atom. The fourth-order valence-corrected chi connectivity index (χ4v) is 5.19. The average Bonchev–Trinajstić information content (AvgIpc) is 3.54. The summed E-state index contributed by atoms with van der Waals surface area (Å²) in [7, 11) is -3.86. The van der Waals surface area contributed by atoms with Crippen LogP contribution in [0.15, 0.2) is 90.3 Å². The first-order valence-electron chi connectivity index (χ1n) is 11.6. The minimum atomic E-state index is -3.86. The zero-order chi connectivity index (χ0) is 26.7. The molecule has 0 aliphatic rings. The number of hydrogen-bond donors (Lipinski definition) is 1. The normalized spacial score (nSPS) is 11.2. The SMILES string of the molecule is Cc1ccn(CS(=O)(=O)c2ccc(C(=O)NCc3ccn4ccnc4c3)cc2C#Cc2ccc(F)cc2)n1. The number of nitrogens with zero attached hydrogens (tertiary/aromatic N) is 4. The number of aryl methyl sites for hydroxylation is 1. The molecule has 190 valence electrons. The number of benzene rings is 2. The van der Waals surface area contributed by atoms with Gasteiger partial charge in [-0.1, -0.05) is 11.8 Å². The summed E-state index contributed by atoms with van der Waals surface area (Å²) >= 11 is 0. The van der Waals surface area contributed by atoms with E-state index in [0.29, 0.717) is 11.3 Å². The number of aromatic nitrogens is 4. The van der Waals surface area contributed by atoms with Crippen LogP contribution in [0.3, 0.4) is 0 Å². The van der Waals surface area contributed by atoms with Gasteiger partial charge in [-0.25, -0.2) is 17.8 Å². The zero-order valence-corrected chi connectivity index (χ0v) is 21.1. The Balaban J connectivity index is 1.44. The molecule has 0 atom stereocenters. The van der Waals surface area contributed by atoms with E-state index in [1.54, 1.807) is 25.4 Å². The number of halogens is 1. The molecule has 1 N–H and O–H groups in total. The van der Waals surface area contributed by atoms with Gasteiger partial charge in [0.1, 0.15) is 17.3 Å². The maximum Gasteiger partial charge on any atom is 0.251 e. The van der Waals surface area contributed by atoms with Crippen molar-refractivity contribution in [1.29, 1.82) is 0 Å². The average molecular weight is 528 g/mol. The summed E-state index contributed by atoms with van der Waals surface area (Å²) in [6, 6.07) is 15.3. The molecule has 2 aromatic carbocycles. The summed E-state index contributed by atoms with van der Waals surface area (Å²) in [5.74, 6) is 4.55. The van der Waals surface area contributed by atoms with Crippen molar-refractivity contribution in [1.82, 2.24) is 24.5 Å². The molecule has 10 heteroatoms. The largest absolute Gasteiger partial charge is 0.348 e. The van der Waals surface area contributed by atoms with Crippen molar-refractivity contribution in [2.75, 3.05) is 0 Å². The number of pyridine rings is 1. The van der Waals surface area contributed by atoms with E-state index in [2.05, 4.69) is 27.2 Å². The van der Waals surface area contributed by atoms with Gasteiger partial charge in [0.15, 0.2) is 9.84 Å². The van der Waals surface area contributed by atoms with Gasteiger partial charge in [0.25, 0.3) is 5.91 Å². The number of sulfone groups is 1. The predicted molar refractivity (Wildman–Crippen MR) is 139 cm³/mol. The highest BCUT2D eigenvalue weighted by atomic mass is 32.2. The first-order chi connectivity index (χ1) is 18.3. The molecule has 0 aliphatic heterocycles. The van der Waals surface area contributed by atoms with Crippen LogP contribution in [0.5, 0.6) is 0 Å². The van der Waals surface area contributed by atoms with Crippen LogP contribution >= 0.6 is 0 Å². The summed E-state index contributed by atoms with van der Waals surface area (Å²) in [5.41, 5.74) is 3.23. The lowest BCUT2D eigenvalue weighted by Crippen LogP contribution is -2.23. The maximum atomic E-state index is 13.3. The fourth-order valence-electron chi connectivity index (χ4n) is 3.84. The number of hydrogen-bond acceptors (Lipinski definition) is 5. The third kappa shape index (κ3) is 5.63. The Bertz CT molecular complexity index is 1810. The van der Waals surface area contributed by atoms with Crippen molar-refractivity contribution in [3.05, 3.63) is 119 Å². The lowest BCUT2D eigenvalue weighted by atomic mass is 10.1. The summed E-state index contributed by atoms with van der Waals surface area (Å²) in [4.78, 5) is 17.2. The molecule has 0 saturated heterocycles. The van der Waals surface area contributed by atoms with E-state index in [4.69, 9.17) is 0 Å². The third-order valence-corrected chi connectivity index (χ3v) is 7.38. The van der Waals surface area contributed by atoms with Gasteiger partial charge in [0.05, 0.1) is 10.6 Å². The molecule has 3 aromatic heterocycles. The highest BCUT2D eigenvalue weighted by Crippen LogP contribution is 2.21. The predicted octanol–water partition coefficient (Wildman–Crippen LogP) is 3.74. The molecular formula is C28H22FN5O3S. The first kappa shape index (κ1) is 24.9. The zero-order valence-electron chi connectivity index (χ0n) is 20.3. The highest BCUT2D eigenvalue weighted by molar-refractivity contribution is 7.90. The number of carbonyl (C=O) groups is 1. The second kappa shape index (κ2) is 10.3. The van der Waals surface area contributed by atoms with E-state index >= 15 is 0 Å². The standard InChI is InChI=1S/C28H22FN5O3S/c1-20-10-14-34(32-20)19-38(36,37)26-9-6-24(17-23(26)5-2-21-3-7-25(29)8-4-21)28(35)31-18-22-11-13-33-15-12-30-27(33)16-22/h3-4,6-17H,18-19H2,1H3,(H,31,35). The molecule has 5 rings (SSSR count). The van der Waals surface area contributed by atoms with Gasteiger partial charge < -0.3 is 9.72 Å². The molecule has 3 heterocycles. The van der Waals surface area contributed by atoms with E-state index < -0.39 is 15.7 Å².